The molecule has 100 valence electrons. The molecule has 2 aromatic heterocycles. The maximum Gasteiger partial charge on any atom is 0.308 e. The molecule has 0 unspecified atom stereocenters. The molecule has 0 saturated heterocycles. The minimum atomic E-state index is -3.69. The van der Waals surface area contributed by atoms with E-state index >= 15 is 0 Å². The highest BCUT2D eigenvalue weighted by atomic mass is 32.2. The van der Waals surface area contributed by atoms with Crippen molar-refractivity contribution >= 4 is 33.0 Å². The molecule has 8 heteroatoms. The first-order valence-electron chi connectivity index (χ1n) is 5.21. The number of carboxylic acid groups (broad SMARTS) is 1. The Morgan fingerprint density at radius 1 is 1.37 bits per heavy atom. The highest BCUT2D eigenvalue weighted by Crippen LogP contribution is 2.24. The van der Waals surface area contributed by atoms with Crippen LogP contribution in [0.4, 0.5) is 5.69 Å². The van der Waals surface area contributed by atoms with Crippen LogP contribution in [0.1, 0.15) is 4.88 Å². The van der Waals surface area contributed by atoms with Gasteiger partial charge in [0.05, 0.1) is 18.3 Å². The van der Waals surface area contributed by atoms with E-state index in [9.17, 15) is 13.2 Å². The van der Waals surface area contributed by atoms with Gasteiger partial charge < -0.3 is 5.11 Å². The third-order valence-electron chi connectivity index (χ3n) is 2.14. The average molecular weight is 298 g/mol. The lowest BCUT2D eigenvalue weighted by Gasteiger charge is -2.04. The SMILES string of the molecule is O=C(O)Cc1ccc(S(=O)(=O)Nc2cccnc2)s1. The van der Waals surface area contributed by atoms with Gasteiger partial charge in [-0.1, -0.05) is 0 Å². The van der Waals surface area contributed by atoms with Crippen molar-refractivity contribution in [3.05, 3.63) is 41.5 Å². The van der Waals surface area contributed by atoms with Gasteiger partial charge in [0, 0.05) is 11.1 Å². The molecule has 0 aliphatic carbocycles. The standard InChI is InChI=1S/C11H10N2O4S2/c14-10(15)6-9-3-4-11(18-9)19(16,17)13-8-2-1-5-12-7-8/h1-5,7,13H,6H2,(H,14,15). The average Bonchev–Trinajstić information content (AvgIpc) is 2.78. The van der Waals surface area contributed by atoms with E-state index < -0.39 is 16.0 Å². The summed E-state index contributed by atoms with van der Waals surface area (Å²) >= 11 is 0.936. The van der Waals surface area contributed by atoms with Gasteiger partial charge in [0.25, 0.3) is 10.0 Å². The number of aliphatic carboxylic acids is 1. The first-order valence-corrected chi connectivity index (χ1v) is 7.51. The van der Waals surface area contributed by atoms with Gasteiger partial charge in [-0.05, 0) is 24.3 Å². The number of pyridine rings is 1. The van der Waals surface area contributed by atoms with E-state index in [0.717, 1.165) is 11.3 Å². The first kappa shape index (κ1) is 13.5. The number of aromatic nitrogens is 1. The van der Waals surface area contributed by atoms with Crippen LogP contribution >= 0.6 is 11.3 Å². The van der Waals surface area contributed by atoms with Gasteiger partial charge in [0.15, 0.2) is 0 Å². The monoisotopic (exact) mass is 298 g/mol. The highest BCUT2D eigenvalue weighted by Gasteiger charge is 2.17. The van der Waals surface area contributed by atoms with Crippen molar-refractivity contribution < 1.29 is 18.3 Å². The number of nitrogens with zero attached hydrogens (tertiary/aromatic N) is 1. The van der Waals surface area contributed by atoms with E-state index in [1.165, 1.54) is 24.5 Å². The van der Waals surface area contributed by atoms with Crippen LogP contribution in [0, 0.1) is 0 Å². The van der Waals surface area contributed by atoms with Gasteiger partial charge in [-0.2, -0.15) is 0 Å². The Morgan fingerprint density at radius 3 is 2.79 bits per heavy atom. The molecular weight excluding hydrogens is 288 g/mol. The molecule has 0 aliphatic heterocycles. The van der Waals surface area contributed by atoms with Crippen LogP contribution in [0.25, 0.3) is 0 Å². The summed E-state index contributed by atoms with van der Waals surface area (Å²) in [6, 6.07) is 6.08. The number of hydrogen-bond donors (Lipinski definition) is 2. The van der Waals surface area contributed by atoms with Crippen molar-refractivity contribution in [1.82, 2.24) is 4.98 Å². The van der Waals surface area contributed by atoms with Crippen LogP contribution in [0.2, 0.25) is 0 Å². The lowest BCUT2D eigenvalue weighted by Crippen LogP contribution is -2.11. The van der Waals surface area contributed by atoms with Crippen LogP contribution in [0.5, 0.6) is 0 Å². The molecule has 2 heterocycles. The molecule has 0 saturated carbocycles. The predicted octanol–water partition coefficient (Wildman–Crippen LogP) is 1.57. The van der Waals surface area contributed by atoms with Crippen molar-refractivity contribution in [2.75, 3.05) is 4.72 Å². The third kappa shape index (κ3) is 3.52. The Hall–Kier alpha value is -1.93. The molecule has 0 fully saturated rings. The molecule has 0 aromatic carbocycles. The number of rotatable bonds is 5. The summed E-state index contributed by atoms with van der Waals surface area (Å²) in [6.45, 7) is 0. The molecule has 2 aromatic rings. The lowest BCUT2D eigenvalue weighted by molar-refractivity contribution is -0.136. The molecule has 6 nitrogen and oxygen atoms in total. The smallest absolute Gasteiger partial charge is 0.308 e. The minimum absolute atomic E-state index is 0.0765. The normalized spacial score (nSPS) is 11.2. The Bertz CT molecular complexity index is 680. The number of hydrogen-bond acceptors (Lipinski definition) is 5. The van der Waals surface area contributed by atoms with Crippen LogP contribution in [0.15, 0.2) is 40.9 Å². The lowest BCUT2D eigenvalue weighted by atomic mass is 10.3. The van der Waals surface area contributed by atoms with Gasteiger partial charge >= 0.3 is 5.97 Å². The Morgan fingerprint density at radius 2 is 2.16 bits per heavy atom. The fourth-order valence-corrected chi connectivity index (χ4v) is 3.77. The zero-order chi connectivity index (χ0) is 13.9. The van der Waals surface area contributed by atoms with Crippen molar-refractivity contribution in [1.29, 1.82) is 0 Å². The number of carbonyl (C=O) groups is 1. The molecule has 0 radical (unpaired) electrons. The zero-order valence-corrected chi connectivity index (χ0v) is 11.2. The Balaban J connectivity index is 2.20. The number of thiophene rings is 1. The summed E-state index contributed by atoms with van der Waals surface area (Å²) < 4.78 is 26.5. The summed E-state index contributed by atoms with van der Waals surface area (Å²) in [7, 11) is -3.69. The summed E-state index contributed by atoms with van der Waals surface area (Å²) in [5.74, 6) is -0.994. The van der Waals surface area contributed by atoms with E-state index in [1.807, 2.05) is 0 Å². The molecule has 0 atom stereocenters. The Kier molecular flexibility index (Phi) is 3.82. The molecule has 2 N–H and O–H groups in total. The van der Waals surface area contributed by atoms with Gasteiger partial charge in [0.2, 0.25) is 0 Å². The third-order valence-corrected chi connectivity index (χ3v) is 5.10. The topological polar surface area (TPSA) is 96.4 Å². The van der Waals surface area contributed by atoms with Crippen molar-refractivity contribution in [2.24, 2.45) is 0 Å². The fraction of sp³-hybridized carbons (Fsp3) is 0.0909. The summed E-state index contributed by atoms with van der Waals surface area (Å²) in [6.07, 6.45) is 2.74. The van der Waals surface area contributed by atoms with Crippen molar-refractivity contribution in [3.63, 3.8) is 0 Å². The van der Waals surface area contributed by atoms with E-state index in [-0.39, 0.29) is 10.6 Å². The number of nitrogens with one attached hydrogen (secondary N) is 1. The van der Waals surface area contributed by atoms with E-state index in [0.29, 0.717) is 10.6 Å². The second kappa shape index (κ2) is 5.37. The van der Waals surface area contributed by atoms with Crippen molar-refractivity contribution in [3.8, 4) is 0 Å². The molecule has 0 spiro atoms. The number of carboxylic acids is 1. The summed E-state index contributed by atoms with van der Waals surface area (Å²) in [5, 5.41) is 8.65. The molecule has 0 amide bonds. The summed E-state index contributed by atoms with van der Waals surface area (Å²) in [4.78, 5) is 14.8. The molecule has 2 rings (SSSR count). The van der Waals surface area contributed by atoms with Crippen molar-refractivity contribution in [2.45, 2.75) is 10.6 Å². The molecule has 0 bridgehead atoms. The van der Waals surface area contributed by atoms with E-state index in [1.54, 1.807) is 12.1 Å². The zero-order valence-electron chi connectivity index (χ0n) is 9.61. The maximum absolute atomic E-state index is 12.0. The van der Waals surface area contributed by atoms with Crippen LogP contribution in [-0.2, 0) is 21.2 Å². The van der Waals surface area contributed by atoms with Gasteiger partial charge in [-0.3, -0.25) is 14.5 Å². The second-order valence-electron chi connectivity index (χ2n) is 3.64. The van der Waals surface area contributed by atoms with Crippen LogP contribution in [0.3, 0.4) is 0 Å². The molecule has 0 aliphatic rings. The van der Waals surface area contributed by atoms with Crippen LogP contribution < -0.4 is 4.72 Å². The van der Waals surface area contributed by atoms with E-state index in [4.69, 9.17) is 5.11 Å². The predicted molar refractivity (Wildman–Crippen MR) is 70.7 cm³/mol. The fourth-order valence-electron chi connectivity index (χ4n) is 1.38. The minimum Gasteiger partial charge on any atom is -0.481 e. The maximum atomic E-state index is 12.0. The van der Waals surface area contributed by atoms with E-state index in [2.05, 4.69) is 9.71 Å². The molecule has 19 heavy (non-hydrogen) atoms. The van der Waals surface area contributed by atoms with Gasteiger partial charge in [0.1, 0.15) is 4.21 Å². The largest absolute Gasteiger partial charge is 0.481 e. The Labute approximate surface area is 113 Å². The number of anilines is 1. The quantitative estimate of drug-likeness (QED) is 0.873. The number of sulfonamides is 1. The summed E-state index contributed by atoms with van der Waals surface area (Å²) in [5.41, 5.74) is 0.357. The first-order chi connectivity index (χ1) is 8.97. The molecular formula is C11H10N2O4S2. The van der Waals surface area contributed by atoms with Crippen LogP contribution in [-0.4, -0.2) is 24.5 Å². The van der Waals surface area contributed by atoms with Gasteiger partial charge in [-0.25, -0.2) is 8.42 Å². The second-order valence-corrected chi connectivity index (χ2v) is 6.72. The highest BCUT2D eigenvalue weighted by molar-refractivity contribution is 7.94. The van der Waals surface area contributed by atoms with Gasteiger partial charge in [-0.15, -0.1) is 11.3 Å².